The first-order valence-electron chi connectivity index (χ1n) is 10.3. The summed E-state index contributed by atoms with van der Waals surface area (Å²) in [7, 11) is 0. The van der Waals surface area contributed by atoms with Crippen molar-refractivity contribution in [2.75, 3.05) is 19.6 Å². The molecule has 6 heteroatoms. The van der Waals surface area contributed by atoms with Crippen molar-refractivity contribution in [3.05, 3.63) is 12.7 Å². The van der Waals surface area contributed by atoms with E-state index in [0.717, 1.165) is 12.8 Å². The quantitative estimate of drug-likeness (QED) is 0.580. The number of amides is 1. The molecular formula is C21H34F2N2O2. The Labute approximate surface area is 161 Å². The van der Waals surface area contributed by atoms with Crippen molar-refractivity contribution in [3.63, 3.8) is 0 Å². The summed E-state index contributed by atoms with van der Waals surface area (Å²) >= 11 is 0. The third-order valence-corrected chi connectivity index (χ3v) is 5.99. The highest BCUT2D eigenvalue weighted by molar-refractivity contribution is 5.90. The van der Waals surface area contributed by atoms with Crippen molar-refractivity contribution in [3.8, 4) is 0 Å². The smallest absolute Gasteiger partial charge is 0.250 e. The molecule has 0 aromatic heterocycles. The van der Waals surface area contributed by atoms with Gasteiger partial charge >= 0.3 is 0 Å². The van der Waals surface area contributed by atoms with Crippen LogP contribution in [0.25, 0.3) is 0 Å². The molecule has 2 rings (SSSR count). The van der Waals surface area contributed by atoms with Gasteiger partial charge in [0.05, 0.1) is 6.04 Å². The average Bonchev–Trinajstić information content (AvgIpc) is 3.13. The minimum Gasteiger partial charge on any atom is -0.346 e. The van der Waals surface area contributed by atoms with Crippen LogP contribution in [-0.2, 0) is 9.59 Å². The lowest BCUT2D eigenvalue weighted by atomic mass is 9.95. The van der Waals surface area contributed by atoms with Gasteiger partial charge in [0.15, 0.2) is 5.78 Å². The van der Waals surface area contributed by atoms with Gasteiger partial charge in [0.1, 0.15) is 0 Å². The Morgan fingerprint density at radius 2 is 1.89 bits per heavy atom. The summed E-state index contributed by atoms with van der Waals surface area (Å²) in [6.07, 6.45) is 7.64. The lowest BCUT2D eigenvalue weighted by Crippen LogP contribution is -2.44. The van der Waals surface area contributed by atoms with Crippen molar-refractivity contribution >= 4 is 11.7 Å². The number of nitrogens with one attached hydrogen (secondary N) is 1. The fourth-order valence-electron chi connectivity index (χ4n) is 4.00. The first kappa shape index (κ1) is 22.0. The molecule has 0 spiro atoms. The number of Topliss-reactive ketones (excluding diaryl/α,β-unsaturated/α-hetero) is 1. The number of alkyl halides is 2. The molecule has 1 aliphatic heterocycles. The largest absolute Gasteiger partial charge is 0.346 e. The molecule has 4 nitrogen and oxygen atoms in total. The SMILES string of the molecule is C=CC[C@H](NC(=O)[C@@H](C)CCN1CCC(F)(F)CC1)C(=O)CC1CCCC1. The number of carbonyl (C=O) groups is 2. The molecule has 0 unspecified atom stereocenters. The Morgan fingerprint density at radius 3 is 2.48 bits per heavy atom. The lowest BCUT2D eigenvalue weighted by Gasteiger charge is -2.32. The maximum absolute atomic E-state index is 13.2. The summed E-state index contributed by atoms with van der Waals surface area (Å²) < 4.78 is 26.4. The van der Waals surface area contributed by atoms with E-state index in [4.69, 9.17) is 0 Å². The second kappa shape index (κ2) is 10.3. The highest BCUT2D eigenvalue weighted by Crippen LogP contribution is 2.29. The predicted octanol–water partition coefficient (Wildman–Crippen LogP) is 3.95. The van der Waals surface area contributed by atoms with E-state index >= 15 is 0 Å². The number of ketones is 1. The fraction of sp³-hybridized carbons (Fsp3) is 0.810. The molecule has 0 radical (unpaired) electrons. The third-order valence-electron chi connectivity index (χ3n) is 5.99. The standard InChI is InChI=1S/C21H34F2N2O2/c1-3-6-18(19(26)15-17-7-4-5-8-17)24-20(27)16(2)9-12-25-13-10-21(22,23)11-14-25/h3,16-18H,1,4-15H2,2H3,(H,24,27)/t16-,18-/m0/s1. The molecule has 154 valence electrons. The van der Waals surface area contributed by atoms with Gasteiger partial charge in [-0.2, -0.15) is 0 Å². The molecule has 1 aliphatic carbocycles. The molecule has 1 N–H and O–H groups in total. The van der Waals surface area contributed by atoms with Gasteiger partial charge in [0, 0.05) is 38.3 Å². The zero-order valence-electron chi connectivity index (χ0n) is 16.5. The van der Waals surface area contributed by atoms with Gasteiger partial charge in [0.25, 0.3) is 5.92 Å². The minimum absolute atomic E-state index is 0.0978. The second-order valence-corrected chi connectivity index (χ2v) is 8.29. The van der Waals surface area contributed by atoms with Crippen LogP contribution in [0.1, 0.15) is 64.7 Å². The molecule has 2 fully saturated rings. The normalized spacial score (nSPS) is 22.9. The Hall–Kier alpha value is -1.30. The van der Waals surface area contributed by atoms with Crippen LogP contribution < -0.4 is 5.32 Å². The van der Waals surface area contributed by atoms with Gasteiger partial charge in [-0.05, 0) is 25.3 Å². The highest BCUT2D eigenvalue weighted by atomic mass is 19.3. The van der Waals surface area contributed by atoms with Gasteiger partial charge in [0.2, 0.25) is 5.91 Å². The van der Waals surface area contributed by atoms with Gasteiger partial charge in [-0.25, -0.2) is 8.78 Å². The van der Waals surface area contributed by atoms with Crippen LogP contribution in [0.15, 0.2) is 12.7 Å². The molecule has 1 amide bonds. The number of halogens is 2. The van der Waals surface area contributed by atoms with Crippen LogP contribution in [-0.4, -0.2) is 48.2 Å². The van der Waals surface area contributed by atoms with E-state index in [0.29, 0.717) is 44.8 Å². The molecule has 1 heterocycles. The van der Waals surface area contributed by atoms with Crippen LogP contribution >= 0.6 is 0 Å². The summed E-state index contributed by atoms with van der Waals surface area (Å²) in [5.41, 5.74) is 0. The Bertz CT molecular complexity index is 508. The molecule has 0 bridgehead atoms. The molecular weight excluding hydrogens is 350 g/mol. The van der Waals surface area contributed by atoms with Gasteiger partial charge in [-0.15, -0.1) is 6.58 Å². The number of rotatable bonds is 10. The van der Waals surface area contributed by atoms with Crippen LogP contribution in [0.2, 0.25) is 0 Å². The van der Waals surface area contributed by atoms with Gasteiger partial charge < -0.3 is 10.2 Å². The van der Waals surface area contributed by atoms with Crippen LogP contribution in [0.5, 0.6) is 0 Å². The van der Waals surface area contributed by atoms with E-state index in [1.807, 2.05) is 11.8 Å². The molecule has 1 saturated heterocycles. The van der Waals surface area contributed by atoms with Crippen molar-refractivity contribution in [1.29, 1.82) is 0 Å². The van der Waals surface area contributed by atoms with Crippen molar-refractivity contribution in [2.24, 2.45) is 11.8 Å². The number of hydrogen-bond donors (Lipinski definition) is 1. The molecule has 0 aromatic carbocycles. The Balaban J connectivity index is 1.76. The third kappa shape index (κ3) is 7.32. The molecule has 2 atom stereocenters. The molecule has 1 saturated carbocycles. The Morgan fingerprint density at radius 1 is 1.26 bits per heavy atom. The van der Waals surface area contributed by atoms with Gasteiger partial charge in [-0.1, -0.05) is 38.7 Å². The van der Waals surface area contributed by atoms with Crippen molar-refractivity contribution in [2.45, 2.75) is 76.7 Å². The van der Waals surface area contributed by atoms with Crippen LogP contribution in [0.3, 0.4) is 0 Å². The maximum atomic E-state index is 13.2. The summed E-state index contributed by atoms with van der Waals surface area (Å²) in [4.78, 5) is 27.1. The molecule has 2 aliphatic rings. The maximum Gasteiger partial charge on any atom is 0.250 e. The van der Waals surface area contributed by atoms with E-state index in [2.05, 4.69) is 11.9 Å². The summed E-state index contributed by atoms with van der Waals surface area (Å²) in [5.74, 6) is -2.38. The number of likely N-dealkylation sites (tertiary alicyclic amines) is 1. The van der Waals surface area contributed by atoms with E-state index in [9.17, 15) is 18.4 Å². The first-order chi connectivity index (χ1) is 12.8. The average molecular weight is 385 g/mol. The van der Waals surface area contributed by atoms with Crippen LogP contribution in [0, 0.1) is 11.8 Å². The number of nitrogens with zero attached hydrogens (tertiary/aromatic N) is 1. The second-order valence-electron chi connectivity index (χ2n) is 8.29. The van der Waals surface area contributed by atoms with E-state index < -0.39 is 12.0 Å². The monoisotopic (exact) mass is 384 g/mol. The Kier molecular flexibility index (Phi) is 8.39. The zero-order chi connectivity index (χ0) is 19.9. The topological polar surface area (TPSA) is 49.4 Å². The molecule has 0 aromatic rings. The summed E-state index contributed by atoms with van der Waals surface area (Å²) in [5, 5.41) is 2.89. The summed E-state index contributed by atoms with van der Waals surface area (Å²) in [6.45, 7) is 6.92. The van der Waals surface area contributed by atoms with Crippen molar-refractivity contribution in [1.82, 2.24) is 10.2 Å². The van der Waals surface area contributed by atoms with E-state index in [1.54, 1.807) is 6.08 Å². The molecule has 27 heavy (non-hydrogen) atoms. The zero-order valence-corrected chi connectivity index (χ0v) is 16.5. The highest BCUT2D eigenvalue weighted by Gasteiger charge is 2.34. The number of hydrogen-bond acceptors (Lipinski definition) is 3. The lowest BCUT2D eigenvalue weighted by molar-refractivity contribution is -0.130. The minimum atomic E-state index is -2.54. The van der Waals surface area contributed by atoms with E-state index in [-0.39, 0.29) is 30.4 Å². The van der Waals surface area contributed by atoms with E-state index in [1.165, 1.54) is 12.8 Å². The van der Waals surface area contributed by atoms with Gasteiger partial charge in [-0.3, -0.25) is 9.59 Å². The summed E-state index contributed by atoms with van der Waals surface area (Å²) in [6, 6.07) is -0.494. The van der Waals surface area contributed by atoms with Crippen LogP contribution in [0.4, 0.5) is 8.78 Å². The number of piperidine rings is 1. The first-order valence-corrected chi connectivity index (χ1v) is 10.3. The fourth-order valence-corrected chi connectivity index (χ4v) is 4.00. The predicted molar refractivity (Wildman–Crippen MR) is 103 cm³/mol. The number of carbonyl (C=O) groups excluding carboxylic acids is 2. The van der Waals surface area contributed by atoms with Crippen molar-refractivity contribution < 1.29 is 18.4 Å².